The van der Waals surface area contributed by atoms with E-state index in [1.165, 1.54) is 0 Å². The van der Waals surface area contributed by atoms with E-state index in [4.69, 9.17) is 5.73 Å². The lowest BCUT2D eigenvalue weighted by molar-refractivity contribution is -0.0476. The summed E-state index contributed by atoms with van der Waals surface area (Å²) in [7, 11) is -16.7. The zero-order chi connectivity index (χ0) is 19.2. The molecule has 0 aliphatic rings. The summed E-state index contributed by atoms with van der Waals surface area (Å²) in [6.45, 7) is 1.87. The summed E-state index contributed by atoms with van der Waals surface area (Å²) >= 11 is 0. The van der Waals surface area contributed by atoms with Crippen LogP contribution in [0, 0.1) is 0 Å². The Balaban J connectivity index is 6.82. The van der Waals surface area contributed by atoms with Crippen LogP contribution in [0.5, 0.6) is 0 Å². The highest BCUT2D eigenvalue weighted by molar-refractivity contribution is 8.10. The number of halogens is 6. The fourth-order valence-electron chi connectivity index (χ4n) is 1.68. The second-order valence-electron chi connectivity index (χ2n) is 5.02. The fourth-order valence-corrected chi connectivity index (χ4v) is 8.69. The molecule has 0 rings (SSSR count). The quantitative estimate of drug-likeness (QED) is 0.550. The third kappa shape index (κ3) is 3.81. The molecule has 6 nitrogen and oxygen atoms in total. The van der Waals surface area contributed by atoms with E-state index in [-0.39, 0.29) is 0 Å². The van der Waals surface area contributed by atoms with E-state index in [2.05, 4.69) is 0 Å². The van der Waals surface area contributed by atoms with Crippen LogP contribution in [0.15, 0.2) is 0 Å². The van der Waals surface area contributed by atoms with Crippen LogP contribution < -0.4 is 5.73 Å². The molecule has 137 valence electrons. The molecule has 23 heavy (non-hydrogen) atoms. The zero-order valence-electron chi connectivity index (χ0n) is 11.8. The Labute approximate surface area is 129 Å². The van der Waals surface area contributed by atoms with Gasteiger partial charge in [0.2, 0.25) is 0 Å². The van der Waals surface area contributed by atoms with Gasteiger partial charge in [0, 0.05) is 0 Å². The number of sulfone groups is 2. The molecule has 0 bridgehead atoms. The molecule has 0 spiro atoms. The molecule has 0 aliphatic heterocycles. The predicted molar refractivity (Wildman–Crippen MR) is 69.0 cm³/mol. The molecule has 0 saturated heterocycles. The number of hydrogen-bond donors (Lipinski definition) is 1. The van der Waals surface area contributed by atoms with Gasteiger partial charge in [-0.1, -0.05) is 20.4 Å². The molecule has 1 radical (unpaired) electrons. The maximum atomic E-state index is 12.7. The van der Waals surface area contributed by atoms with E-state index >= 15 is 0 Å². The Morgan fingerprint density at radius 3 is 1.35 bits per heavy atom. The van der Waals surface area contributed by atoms with Crippen LogP contribution in [0.25, 0.3) is 0 Å². The van der Waals surface area contributed by atoms with Crippen molar-refractivity contribution in [1.29, 1.82) is 0 Å². The number of nitrogens with two attached hydrogens (primary N) is 1. The summed E-state index contributed by atoms with van der Waals surface area (Å²) in [6, 6.07) is 0. The van der Waals surface area contributed by atoms with Crippen LogP contribution >= 0.6 is 0 Å². The van der Waals surface area contributed by atoms with Gasteiger partial charge in [-0.15, -0.1) is 0 Å². The molecule has 0 aliphatic carbocycles. The molecule has 0 heterocycles. The first kappa shape index (κ1) is 22.2. The Hall–Kier alpha value is -0.833. The van der Waals surface area contributed by atoms with Gasteiger partial charge in [0.15, 0.2) is 18.9 Å². The van der Waals surface area contributed by atoms with E-state index in [9.17, 15) is 48.0 Å². The van der Waals surface area contributed by atoms with E-state index in [1.54, 1.807) is 0 Å². The van der Waals surface area contributed by atoms with Crippen molar-refractivity contribution in [1.82, 2.24) is 0 Å². The van der Waals surface area contributed by atoms with E-state index < -0.39 is 54.6 Å². The van der Waals surface area contributed by atoms with Crippen molar-refractivity contribution < 1.29 is 48.0 Å². The van der Waals surface area contributed by atoms with Gasteiger partial charge in [-0.05, 0) is 5.04 Å². The van der Waals surface area contributed by atoms with Crippen LogP contribution in [-0.4, -0.2) is 46.8 Å². The molecular weight excluding hydrogens is 396 g/mol. The van der Waals surface area contributed by atoms with Crippen molar-refractivity contribution in [3.05, 3.63) is 0 Å². The van der Waals surface area contributed by atoms with Crippen LogP contribution in [0.2, 0.25) is 11.6 Å². The SMILES string of the molecule is C[Si](C(N)=O)C(C)(C)C(S(=O)(=O)C(F)(F)F)S(=O)(=O)C(F)(F)F. The molecule has 1 amide bonds. The Morgan fingerprint density at radius 1 is 0.913 bits per heavy atom. The lowest BCUT2D eigenvalue weighted by atomic mass is 10.2. The summed E-state index contributed by atoms with van der Waals surface area (Å²) in [6.07, 6.45) is 0. The lowest BCUT2D eigenvalue weighted by Gasteiger charge is -2.36. The predicted octanol–water partition coefficient (Wildman–Crippen LogP) is 1.75. The van der Waals surface area contributed by atoms with Gasteiger partial charge in [0.25, 0.3) is 19.7 Å². The maximum absolute atomic E-state index is 12.7. The summed E-state index contributed by atoms with van der Waals surface area (Å²) in [5.41, 5.74) is -9.08. The van der Waals surface area contributed by atoms with Gasteiger partial charge in [0.1, 0.15) is 0 Å². The molecule has 2 N–H and O–H groups in total. The van der Waals surface area contributed by atoms with Gasteiger partial charge in [0.05, 0.1) is 0 Å². The number of carbonyl (C=O) groups excluding carboxylic acids is 1. The molecule has 0 aromatic heterocycles. The molecule has 0 atom stereocenters. The van der Waals surface area contributed by atoms with E-state index in [1.807, 2.05) is 0 Å². The summed E-state index contributed by atoms with van der Waals surface area (Å²) < 4.78 is 118. The number of rotatable bonds is 5. The first-order chi connectivity index (χ1) is 9.72. The van der Waals surface area contributed by atoms with Crippen LogP contribution in [0.1, 0.15) is 13.8 Å². The van der Waals surface area contributed by atoms with Crippen molar-refractivity contribution in [2.24, 2.45) is 5.73 Å². The minimum absolute atomic E-state index is 0.517. The van der Waals surface area contributed by atoms with Crippen molar-refractivity contribution in [2.45, 2.75) is 41.0 Å². The van der Waals surface area contributed by atoms with Gasteiger partial charge in [-0.3, -0.25) is 4.79 Å². The third-order valence-corrected chi connectivity index (χ3v) is 11.6. The Morgan fingerprint density at radius 2 is 1.17 bits per heavy atom. The fraction of sp³-hybridized carbons (Fsp3) is 0.875. The molecule has 0 aromatic carbocycles. The molecule has 0 unspecified atom stereocenters. The van der Waals surface area contributed by atoms with Crippen molar-refractivity contribution >= 4 is 34.0 Å². The Kier molecular flexibility index (Phi) is 5.70. The van der Waals surface area contributed by atoms with Gasteiger partial charge < -0.3 is 5.73 Å². The normalized spacial score (nSPS) is 15.3. The molecule has 0 saturated carbocycles. The first-order valence-electron chi connectivity index (χ1n) is 5.46. The Bertz CT molecular complexity index is 637. The average molecular weight is 408 g/mol. The van der Waals surface area contributed by atoms with Gasteiger partial charge >= 0.3 is 11.0 Å². The minimum Gasteiger partial charge on any atom is -0.374 e. The highest BCUT2D eigenvalue weighted by atomic mass is 32.3. The highest BCUT2D eigenvalue weighted by Gasteiger charge is 2.68. The maximum Gasteiger partial charge on any atom is 0.498 e. The molecule has 15 heteroatoms. The van der Waals surface area contributed by atoms with Crippen LogP contribution in [0.4, 0.5) is 31.1 Å². The second-order valence-corrected chi connectivity index (χ2v) is 12.4. The number of hydrogen-bond acceptors (Lipinski definition) is 5. The van der Waals surface area contributed by atoms with E-state index in [0.717, 1.165) is 6.55 Å². The number of amides is 1. The summed E-state index contributed by atoms with van der Waals surface area (Å²) in [5, 5.41) is -2.71. The van der Waals surface area contributed by atoms with Gasteiger partial charge in [-0.25, -0.2) is 16.8 Å². The standard InChI is InChI=1S/C8H12F6NO5S2Si/c1-6(2,23(3)5(15)16)4(21(17,18)7(9,10)11)22(19,20)8(12,13)14/h4H,1-3H3,(H2,15,16). The number of primary amides is 1. The summed E-state index contributed by atoms with van der Waals surface area (Å²) in [4.78, 5) is 11.1. The lowest BCUT2D eigenvalue weighted by Crippen LogP contribution is -2.55. The van der Waals surface area contributed by atoms with Crippen molar-refractivity contribution in [3.63, 3.8) is 0 Å². The molecule has 0 aromatic rings. The van der Waals surface area contributed by atoms with Crippen molar-refractivity contribution in [3.8, 4) is 0 Å². The van der Waals surface area contributed by atoms with Crippen LogP contribution in [0.3, 0.4) is 0 Å². The van der Waals surface area contributed by atoms with E-state index in [0.29, 0.717) is 13.8 Å². The second kappa shape index (κ2) is 5.91. The summed E-state index contributed by atoms with van der Waals surface area (Å²) in [5.74, 6) is 0. The monoisotopic (exact) mass is 408 g/mol. The minimum atomic E-state index is -6.81. The zero-order valence-corrected chi connectivity index (χ0v) is 14.4. The average Bonchev–Trinajstić information content (AvgIpc) is 2.22. The van der Waals surface area contributed by atoms with Crippen molar-refractivity contribution in [2.75, 3.05) is 0 Å². The highest BCUT2D eigenvalue weighted by Crippen LogP contribution is 2.48. The topological polar surface area (TPSA) is 111 Å². The molecular formula is C8H12F6NO5S2Si. The third-order valence-electron chi connectivity index (χ3n) is 3.13. The van der Waals surface area contributed by atoms with Crippen LogP contribution in [-0.2, 0) is 19.7 Å². The number of carbonyl (C=O) groups is 1. The largest absolute Gasteiger partial charge is 0.498 e. The van der Waals surface area contributed by atoms with Gasteiger partial charge in [-0.2, -0.15) is 26.3 Å². The smallest absolute Gasteiger partial charge is 0.374 e. The first-order valence-corrected chi connectivity index (χ1v) is 10.6. The molecule has 0 fully saturated rings. The number of alkyl halides is 6.